The zero-order chi connectivity index (χ0) is 16.0. The predicted octanol–water partition coefficient (Wildman–Crippen LogP) is 6.28. The van der Waals surface area contributed by atoms with E-state index in [0.717, 1.165) is 18.3 Å². The van der Waals surface area contributed by atoms with E-state index in [0.29, 0.717) is 6.42 Å². The smallest absolute Gasteiger partial charge is 0.305 e. The Morgan fingerprint density at radius 3 is 1.86 bits per heavy atom. The summed E-state index contributed by atoms with van der Waals surface area (Å²) in [5, 5.41) is 0. The van der Waals surface area contributed by atoms with Crippen LogP contribution in [0.4, 0.5) is 0 Å². The van der Waals surface area contributed by atoms with E-state index in [4.69, 9.17) is 0 Å². The Morgan fingerprint density at radius 2 is 1.32 bits per heavy atom. The van der Waals surface area contributed by atoms with Crippen LogP contribution in [-0.4, -0.2) is 13.1 Å². The molecule has 0 aromatic carbocycles. The van der Waals surface area contributed by atoms with Crippen LogP contribution in [-0.2, 0) is 9.53 Å². The summed E-state index contributed by atoms with van der Waals surface area (Å²) >= 11 is 0. The molecule has 0 aromatic rings. The van der Waals surface area contributed by atoms with Crippen LogP contribution in [0.3, 0.4) is 0 Å². The van der Waals surface area contributed by atoms with Crippen LogP contribution in [0.1, 0.15) is 103 Å². The lowest BCUT2D eigenvalue weighted by molar-refractivity contribution is -0.140. The third-order valence-corrected chi connectivity index (χ3v) is 5.18. The minimum atomic E-state index is -0.0597. The van der Waals surface area contributed by atoms with Crippen LogP contribution >= 0.6 is 0 Å². The van der Waals surface area contributed by atoms with Crippen molar-refractivity contribution in [1.29, 1.82) is 0 Å². The first-order valence-corrected chi connectivity index (χ1v) is 9.84. The minimum Gasteiger partial charge on any atom is -0.469 e. The Balaban J connectivity index is 1.77. The van der Waals surface area contributed by atoms with Gasteiger partial charge in [-0.15, -0.1) is 0 Å². The van der Waals surface area contributed by atoms with E-state index in [1.165, 1.54) is 90.6 Å². The highest BCUT2D eigenvalue weighted by Gasteiger charge is 2.34. The molecule has 0 amide bonds. The van der Waals surface area contributed by atoms with E-state index in [1.54, 1.807) is 0 Å². The maximum Gasteiger partial charge on any atom is 0.305 e. The van der Waals surface area contributed by atoms with Crippen LogP contribution < -0.4 is 0 Å². The van der Waals surface area contributed by atoms with Crippen LogP contribution in [0.15, 0.2) is 0 Å². The van der Waals surface area contributed by atoms with Crippen molar-refractivity contribution in [3.05, 3.63) is 0 Å². The van der Waals surface area contributed by atoms with E-state index in [1.807, 2.05) is 0 Å². The number of esters is 1. The van der Waals surface area contributed by atoms with Crippen molar-refractivity contribution in [1.82, 2.24) is 0 Å². The highest BCUT2D eigenvalue weighted by atomic mass is 16.5. The summed E-state index contributed by atoms with van der Waals surface area (Å²) in [5.41, 5.74) is 0. The Labute approximate surface area is 138 Å². The van der Waals surface area contributed by atoms with E-state index < -0.39 is 0 Å². The third-order valence-electron chi connectivity index (χ3n) is 5.18. The maximum absolute atomic E-state index is 11.0. The van der Waals surface area contributed by atoms with Gasteiger partial charge in [-0.3, -0.25) is 4.79 Å². The highest BCUT2D eigenvalue weighted by molar-refractivity contribution is 5.68. The van der Waals surface area contributed by atoms with Crippen molar-refractivity contribution in [2.75, 3.05) is 7.11 Å². The van der Waals surface area contributed by atoms with Gasteiger partial charge in [0.2, 0.25) is 0 Å². The number of rotatable bonds is 15. The first-order valence-electron chi connectivity index (χ1n) is 9.84. The Morgan fingerprint density at radius 1 is 0.818 bits per heavy atom. The molecule has 1 aliphatic carbocycles. The fourth-order valence-corrected chi connectivity index (χ4v) is 3.51. The molecular weight excluding hydrogens is 272 g/mol. The molecule has 0 saturated heterocycles. The van der Waals surface area contributed by atoms with E-state index >= 15 is 0 Å². The number of ether oxygens (including phenoxy) is 1. The number of methoxy groups -OCH3 is 1. The topological polar surface area (TPSA) is 26.3 Å². The standard InChI is InChI=1S/C20H38O2/c1-3-4-5-6-8-11-14-18-17-19(18)15-12-9-7-10-13-16-20(21)22-2/h18-19H,3-17H2,1-2H3. The van der Waals surface area contributed by atoms with Crippen molar-refractivity contribution in [3.63, 3.8) is 0 Å². The van der Waals surface area contributed by atoms with Gasteiger partial charge in [0.15, 0.2) is 0 Å². The first kappa shape index (κ1) is 19.5. The summed E-state index contributed by atoms with van der Waals surface area (Å²) in [6, 6.07) is 0. The molecule has 1 saturated carbocycles. The van der Waals surface area contributed by atoms with E-state index in [9.17, 15) is 4.79 Å². The van der Waals surface area contributed by atoms with Gasteiger partial charge in [0.05, 0.1) is 7.11 Å². The van der Waals surface area contributed by atoms with Crippen LogP contribution in [0.25, 0.3) is 0 Å². The largest absolute Gasteiger partial charge is 0.469 e. The van der Waals surface area contributed by atoms with Gasteiger partial charge in [0.25, 0.3) is 0 Å². The lowest BCUT2D eigenvalue weighted by Crippen LogP contribution is -1.99. The average Bonchev–Trinajstić information content (AvgIpc) is 3.28. The average molecular weight is 311 g/mol. The number of hydrogen-bond acceptors (Lipinski definition) is 2. The molecule has 0 N–H and O–H groups in total. The van der Waals surface area contributed by atoms with Crippen molar-refractivity contribution in [2.24, 2.45) is 11.8 Å². The first-order chi connectivity index (χ1) is 10.8. The van der Waals surface area contributed by atoms with Crippen LogP contribution in [0, 0.1) is 11.8 Å². The molecule has 1 fully saturated rings. The molecule has 130 valence electrons. The lowest BCUT2D eigenvalue weighted by atomic mass is 10.0. The predicted molar refractivity (Wildman–Crippen MR) is 93.9 cm³/mol. The summed E-state index contributed by atoms with van der Waals surface area (Å²) in [4.78, 5) is 11.0. The molecule has 0 aliphatic heterocycles. The van der Waals surface area contributed by atoms with Gasteiger partial charge in [0.1, 0.15) is 0 Å². The molecule has 22 heavy (non-hydrogen) atoms. The quantitative estimate of drug-likeness (QED) is 0.263. The van der Waals surface area contributed by atoms with Crippen molar-refractivity contribution >= 4 is 5.97 Å². The second-order valence-corrected chi connectivity index (χ2v) is 7.19. The Hall–Kier alpha value is -0.530. The summed E-state index contributed by atoms with van der Waals surface area (Å²) in [5.74, 6) is 2.08. The van der Waals surface area contributed by atoms with Crippen molar-refractivity contribution in [2.45, 2.75) is 103 Å². The van der Waals surface area contributed by atoms with Gasteiger partial charge in [-0.25, -0.2) is 0 Å². The zero-order valence-electron chi connectivity index (χ0n) is 15.1. The van der Waals surface area contributed by atoms with Gasteiger partial charge in [-0.1, -0.05) is 84.0 Å². The fourth-order valence-electron chi connectivity index (χ4n) is 3.51. The second-order valence-electron chi connectivity index (χ2n) is 7.19. The molecule has 0 aromatic heterocycles. The summed E-state index contributed by atoms with van der Waals surface area (Å²) < 4.78 is 4.65. The normalized spacial score (nSPS) is 20.1. The SMILES string of the molecule is CCCCCCCCC1CC1CCCCCCCC(=O)OC. The van der Waals surface area contributed by atoms with Gasteiger partial charge in [-0.05, 0) is 24.7 Å². The second kappa shape index (κ2) is 13.0. The molecule has 2 atom stereocenters. The minimum absolute atomic E-state index is 0.0597. The molecule has 0 radical (unpaired) electrons. The van der Waals surface area contributed by atoms with Gasteiger partial charge >= 0.3 is 5.97 Å². The molecule has 2 nitrogen and oxygen atoms in total. The number of hydrogen-bond donors (Lipinski definition) is 0. The fraction of sp³-hybridized carbons (Fsp3) is 0.950. The molecular formula is C20H38O2. The Kier molecular flexibility index (Phi) is 11.5. The van der Waals surface area contributed by atoms with Gasteiger partial charge < -0.3 is 4.74 Å². The summed E-state index contributed by atoms with van der Waals surface area (Å²) in [6.45, 7) is 2.29. The van der Waals surface area contributed by atoms with Gasteiger partial charge in [-0.2, -0.15) is 0 Å². The highest BCUT2D eigenvalue weighted by Crippen LogP contribution is 2.45. The molecule has 0 spiro atoms. The zero-order valence-corrected chi connectivity index (χ0v) is 15.1. The summed E-state index contributed by atoms with van der Waals surface area (Å²) in [7, 11) is 1.47. The molecule has 2 heteroatoms. The number of unbranched alkanes of at least 4 members (excludes halogenated alkanes) is 9. The van der Waals surface area contributed by atoms with E-state index in [2.05, 4.69) is 11.7 Å². The van der Waals surface area contributed by atoms with Crippen molar-refractivity contribution < 1.29 is 9.53 Å². The third kappa shape index (κ3) is 10.2. The Bertz CT molecular complexity index is 275. The van der Waals surface area contributed by atoms with E-state index in [-0.39, 0.29) is 5.97 Å². The lowest BCUT2D eigenvalue weighted by Gasteiger charge is -2.03. The number of carbonyl (C=O) groups is 1. The molecule has 2 unspecified atom stereocenters. The maximum atomic E-state index is 11.0. The molecule has 0 bridgehead atoms. The van der Waals surface area contributed by atoms with Crippen LogP contribution in [0.5, 0.6) is 0 Å². The van der Waals surface area contributed by atoms with Crippen LogP contribution in [0.2, 0.25) is 0 Å². The van der Waals surface area contributed by atoms with Crippen molar-refractivity contribution in [3.8, 4) is 0 Å². The number of carbonyl (C=O) groups excluding carboxylic acids is 1. The molecule has 1 rings (SSSR count). The molecule has 0 heterocycles. The molecule has 1 aliphatic rings. The monoisotopic (exact) mass is 310 g/mol. The summed E-state index contributed by atoms with van der Waals surface area (Å²) in [6.07, 6.45) is 19.9. The van der Waals surface area contributed by atoms with Gasteiger partial charge in [0, 0.05) is 6.42 Å².